The third-order valence-corrected chi connectivity index (χ3v) is 5.87. The summed E-state index contributed by atoms with van der Waals surface area (Å²) in [6, 6.07) is 10.6. The van der Waals surface area contributed by atoms with Crippen molar-refractivity contribution >= 4 is 17.2 Å². The minimum absolute atomic E-state index is 0.476. The third-order valence-electron chi connectivity index (χ3n) is 5.87. The number of fused-ring (bicyclic) bond motifs is 1. The number of aromatic nitrogens is 5. The van der Waals surface area contributed by atoms with E-state index in [1.54, 1.807) is 0 Å². The minimum Gasteiger partial charge on any atom is -0.490 e. The van der Waals surface area contributed by atoms with Crippen molar-refractivity contribution in [2.45, 2.75) is 33.2 Å². The largest absolute Gasteiger partial charge is 0.490 e. The molecule has 0 bridgehead atoms. The average Bonchev–Trinajstić information content (AvgIpc) is 3.14. The number of hydrogen-bond donors (Lipinski definition) is 1. The summed E-state index contributed by atoms with van der Waals surface area (Å²) >= 11 is 0. The van der Waals surface area contributed by atoms with Gasteiger partial charge in [-0.3, -0.25) is 9.88 Å². The zero-order chi connectivity index (χ0) is 22.2. The third kappa shape index (κ3) is 4.13. The minimum atomic E-state index is 0.476. The average molecular weight is 430 g/mol. The second-order valence-electron chi connectivity index (χ2n) is 8.44. The Hall–Kier alpha value is -3.52. The second-order valence-corrected chi connectivity index (χ2v) is 8.44. The highest BCUT2D eigenvalue weighted by Crippen LogP contribution is 2.32. The van der Waals surface area contributed by atoms with Gasteiger partial charge in [0.1, 0.15) is 24.0 Å². The lowest BCUT2D eigenvalue weighted by Gasteiger charge is -2.37. The Labute approximate surface area is 187 Å². The van der Waals surface area contributed by atoms with Gasteiger partial charge in [-0.2, -0.15) is 5.10 Å². The van der Waals surface area contributed by atoms with E-state index in [0.29, 0.717) is 12.6 Å². The zero-order valence-electron chi connectivity index (χ0n) is 18.8. The number of nitrogens with zero attached hydrogens (tertiary/aromatic N) is 6. The number of aryl methyl sites for hydroxylation is 3. The molecule has 32 heavy (non-hydrogen) atoms. The van der Waals surface area contributed by atoms with E-state index in [9.17, 15) is 0 Å². The SMILES string of the molecule is Cc1cc(-c2ccn3nc(Nc4cc(C)nc(C)n4)cc3c2)c(OC[C@@H]2CCN2C)cn1. The Bertz CT molecular complexity index is 1260. The van der Waals surface area contributed by atoms with Crippen LogP contribution in [-0.4, -0.2) is 55.7 Å². The molecule has 1 aliphatic heterocycles. The van der Waals surface area contributed by atoms with Crippen LogP contribution in [-0.2, 0) is 0 Å². The number of nitrogens with one attached hydrogen (secondary N) is 1. The number of likely N-dealkylation sites (tertiary alicyclic amines) is 1. The Balaban J connectivity index is 1.43. The molecule has 0 amide bonds. The van der Waals surface area contributed by atoms with Crippen molar-refractivity contribution in [3.8, 4) is 16.9 Å². The van der Waals surface area contributed by atoms with E-state index in [-0.39, 0.29) is 0 Å². The molecule has 1 saturated heterocycles. The number of ether oxygens (including phenoxy) is 1. The van der Waals surface area contributed by atoms with Crippen LogP contribution in [0.1, 0.15) is 23.6 Å². The summed E-state index contributed by atoms with van der Waals surface area (Å²) in [6.07, 6.45) is 4.97. The Morgan fingerprint density at radius 2 is 1.94 bits per heavy atom. The lowest BCUT2D eigenvalue weighted by Crippen LogP contribution is -2.48. The van der Waals surface area contributed by atoms with E-state index in [1.807, 2.05) is 49.8 Å². The maximum atomic E-state index is 6.19. The molecule has 0 radical (unpaired) electrons. The van der Waals surface area contributed by atoms with Crippen LogP contribution in [0.25, 0.3) is 16.6 Å². The standard InChI is InChI=1S/C24H27N7O/c1-15-9-21(22(13-25-15)32-14-19-6-7-30(19)4)18-5-8-31-20(11-18)12-24(29-31)28-23-10-16(2)26-17(3)27-23/h5,8-13,19H,6-7,14H2,1-4H3,(H,26,27,28,29)/t19-/m0/s1. The van der Waals surface area contributed by atoms with Gasteiger partial charge in [0.2, 0.25) is 0 Å². The van der Waals surface area contributed by atoms with Crippen LogP contribution in [0.2, 0.25) is 0 Å². The first kappa shape index (κ1) is 20.4. The highest BCUT2D eigenvalue weighted by atomic mass is 16.5. The molecule has 0 spiro atoms. The highest BCUT2D eigenvalue weighted by molar-refractivity contribution is 5.75. The Kier molecular flexibility index (Phi) is 5.22. The van der Waals surface area contributed by atoms with Crippen LogP contribution < -0.4 is 10.1 Å². The molecule has 8 heteroatoms. The topological polar surface area (TPSA) is 80.5 Å². The maximum absolute atomic E-state index is 6.19. The summed E-state index contributed by atoms with van der Waals surface area (Å²) in [5, 5.41) is 7.91. The van der Waals surface area contributed by atoms with Gasteiger partial charge in [0.15, 0.2) is 5.82 Å². The first-order valence-electron chi connectivity index (χ1n) is 10.8. The maximum Gasteiger partial charge on any atom is 0.154 e. The monoisotopic (exact) mass is 429 g/mol. The molecule has 4 aromatic heterocycles. The van der Waals surface area contributed by atoms with Crippen molar-refractivity contribution in [1.82, 2.24) is 29.5 Å². The smallest absolute Gasteiger partial charge is 0.154 e. The summed E-state index contributed by atoms with van der Waals surface area (Å²) in [5.74, 6) is 3.01. The number of likely N-dealkylation sites (N-methyl/N-ethyl adjacent to an activating group) is 1. The molecule has 4 aromatic rings. The van der Waals surface area contributed by atoms with Gasteiger partial charge < -0.3 is 10.1 Å². The molecule has 0 aromatic carbocycles. The lowest BCUT2D eigenvalue weighted by molar-refractivity contribution is 0.0769. The molecule has 1 atom stereocenters. The highest BCUT2D eigenvalue weighted by Gasteiger charge is 2.25. The van der Waals surface area contributed by atoms with Crippen molar-refractivity contribution in [2.24, 2.45) is 0 Å². The summed E-state index contributed by atoms with van der Waals surface area (Å²) in [6.45, 7) is 7.64. The van der Waals surface area contributed by atoms with E-state index in [2.05, 4.69) is 55.5 Å². The van der Waals surface area contributed by atoms with Crippen molar-refractivity contribution in [3.63, 3.8) is 0 Å². The normalized spacial score (nSPS) is 16.2. The Morgan fingerprint density at radius 1 is 1.06 bits per heavy atom. The van der Waals surface area contributed by atoms with Crippen LogP contribution in [0.3, 0.4) is 0 Å². The van der Waals surface area contributed by atoms with E-state index >= 15 is 0 Å². The fraction of sp³-hybridized carbons (Fsp3) is 0.333. The molecule has 5 heterocycles. The molecule has 0 aliphatic carbocycles. The van der Waals surface area contributed by atoms with E-state index in [1.165, 1.54) is 6.42 Å². The van der Waals surface area contributed by atoms with Crippen LogP contribution in [0.4, 0.5) is 11.6 Å². The molecule has 0 saturated carbocycles. The fourth-order valence-electron chi connectivity index (χ4n) is 3.99. The molecule has 1 N–H and O–H groups in total. The summed E-state index contributed by atoms with van der Waals surface area (Å²) in [5.41, 5.74) is 4.96. The first-order valence-corrected chi connectivity index (χ1v) is 10.8. The molecule has 0 unspecified atom stereocenters. The van der Waals surface area contributed by atoms with Crippen LogP contribution >= 0.6 is 0 Å². The van der Waals surface area contributed by atoms with Gasteiger partial charge in [0.05, 0.1) is 11.7 Å². The Morgan fingerprint density at radius 3 is 2.69 bits per heavy atom. The lowest BCUT2D eigenvalue weighted by atomic mass is 10.0. The van der Waals surface area contributed by atoms with Gasteiger partial charge in [0.25, 0.3) is 0 Å². The van der Waals surface area contributed by atoms with Crippen molar-refractivity contribution in [2.75, 3.05) is 25.5 Å². The van der Waals surface area contributed by atoms with E-state index in [4.69, 9.17) is 4.74 Å². The van der Waals surface area contributed by atoms with Gasteiger partial charge in [-0.25, -0.2) is 14.5 Å². The number of rotatable bonds is 6. The molecule has 5 rings (SSSR count). The molecule has 164 valence electrons. The molecular weight excluding hydrogens is 402 g/mol. The van der Waals surface area contributed by atoms with Gasteiger partial charge >= 0.3 is 0 Å². The van der Waals surface area contributed by atoms with Crippen LogP contribution in [0, 0.1) is 20.8 Å². The van der Waals surface area contributed by atoms with Gasteiger partial charge in [0, 0.05) is 41.3 Å². The zero-order valence-corrected chi connectivity index (χ0v) is 18.8. The summed E-state index contributed by atoms with van der Waals surface area (Å²) in [4.78, 5) is 15.5. The number of pyridine rings is 2. The van der Waals surface area contributed by atoms with Crippen molar-refractivity contribution in [3.05, 3.63) is 59.9 Å². The van der Waals surface area contributed by atoms with Crippen molar-refractivity contribution < 1.29 is 4.74 Å². The number of hydrogen-bond acceptors (Lipinski definition) is 7. The molecule has 1 aliphatic rings. The van der Waals surface area contributed by atoms with Crippen LogP contribution in [0.5, 0.6) is 5.75 Å². The van der Waals surface area contributed by atoms with Gasteiger partial charge in [-0.1, -0.05) is 0 Å². The number of anilines is 2. The predicted molar refractivity (Wildman–Crippen MR) is 124 cm³/mol. The predicted octanol–water partition coefficient (Wildman–Crippen LogP) is 3.94. The molecular formula is C24H27N7O. The summed E-state index contributed by atoms with van der Waals surface area (Å²) in [7, 11) is 2.13. The second kappa shape index (κ2) is 8.20. The first-order chi connectivity index (χ1) is 15.4. The quantitative estimate of drug-likeness (QED) is 0.497. The van der Waals surface area contributed by atoms with Gasteiger partial charge in [-0.15, -0.1) is 0 Å². The summed E-state index contributed by atoms with van der Waals surface area (Å²) < 4.78 is 8.04. The fourth-order valence-corrected chi connectivity index (χ4v) is 3.99. The van der Waals surface area contributed by atoms with E-state index < -0.39 is 0 Å². The molecule has 8 nitrogen and oxygen atoms in total. The van der Waals surface area contributed by atoms with Gasteiger partial charge in [-0.05, 0) is 64.5 Å². The van der Waals surface area contributed by atoms with E-state index in [0.717, 1.165) is 57.8 Å². The van der Waals surface area contributed by atoms with Crippen LogP contribution in [0.15, 0.2) is 42.7 Å². The van der Waals surface area contributed by atoms with Crippen molar-refractivity contribution in [1.29, 1.82) is 0 Å². The molecule has 1 fully saturated rings.